The summed E-state index contributed by atoms with van der Waals surface area (Å²) in [4.78, 5) is 27.2. The smallest absolute Gasteiger partial charge is 0.406 e. The lowest BCUT2D eigenvalue weighted by Crippen LogP contribution is -2.48. The summed E-state index contributed by atoms with van der Waals surface area (Å²) >= 11 is 0. The van der Waals surface area contributed by atoms with Crippen LogP contribution < -0.4 is 4.74 Å². The predicted octanol–water partition coefficient (Wildman–Crippen LogP) is 3.43. The van der Waals surface area contributed by atoms with Crippen molar-refractivity contribution in [3.8, 4) is 17.0 Å². The standard InChI is InChI=1S/C20H18F3N5O2/c1-3-4-15(29)28-9-13(10-28)18-25-16(17-19(26-18)27(2)11-24-17)12-5-7-14(8-6-12)30-20(21,22)23/h3-8,11,13H,9-10H2,1-2H3/b4-3+. The number of rotatable bonds is 4. The summed E-state index contributed by atoms with van der Waals surface area (Å²) in [6.07, 6.45) is 0.0598. The quantitative estimate of drug-likeness (QED) is 0.608. The van der Waals surface area contributed by atoms with Crippen molar-refractivity contribution < 1.29 is 22.7 Å². The Morgan fingerprint density at radius 1 is 1.20 bits per heavy atom. The van der Waals surface area contributed by atoms with E-state index < -0.39 is 6.36 Å². The van der Waals surface area contributed by atoms with E-state index in [1.54, 1.807) is 35.8 Å². The number of aromatic nitrogens is 4. The molecule has 156 valence electrons. The number of ether oxygens (including phenoxy) is 1. The highest BCUT2D eigenvalue weighted by atomic mass is 19.4. The Hall–Kier alpha value is -3.43. The molecule has 2 aromatic heterocycles. The number of allylic oxidation sites excluding steroid dienone is 1. The minimum atomic E-state index is -4.75. The number of alkyl halides is 3. The molecule has 0 aliphatic carbocycles. The van der Waals surface area contributed by atoms with E-state index in [0.29, 0.717) is 41.3 Å². The van der Waals surface area contributed by atoms with Crippen molar-refractivity contribution in [2.24, 2.45) is 7.05 Å². The summed E-state index contributed by atoms with van der Waals surface area (Å²) in [7, 11) is 1.80. The minimum absolute atomic E-state index is 0.0231. The molecular formula is C20H18F3N5O2. The molecular weight excluding hydrogens is 399 g/mol. The fraction of sp³-hybridized carbons (Fsp3) is 0.300. The van der Waals surface area contributed by atoms with Crippen LogP contribution in [0.5, 0.6) is 5.75 Å². The van der Waals surface area contributed by atoms with E-state index in [-0.39, 0.29) is 17.6 Å². The minimum Gasteiger partial charge on any atom is -0.406 e. The molecule has 1 aliphatic rings. The maximum atomic E-state index is 12.4. The summed E-state index contributed by atoms with van der Waals surface area (Å²) in [5, 5.41) is 0. The maximum Gasteiger partial charge on any atom is 0.573 e. The van der Waals surface area contributed by atoms with E-state index in [4.69, 9.17) is 0 Å². The van der Waals surface area contributed by atoms with Gasteiger partial charge in [-0.05, 0) is 37.3 Å². The molecule has 30 heavy (non-hydrogen) atoms. The van der Waals surface area contributed by atoms with E-state index in [2.05, 4.69) is 19.7 Å². The van der Waals surface area contributed by atoms with Gasteiger partial charge in [0.25, 0.3) is 0 Å². The number of fused-ring (bicyclic) bond motifs is 1. The van der Waals surface area contributed by atoms with Crippen molar-refractivity contribution in [1.82, 2.24) is 24.4 Å². The van der Waals surface area contributed by atoms with Crippen LogP contribution in [0.1, 0.15) is 18.7 Å². The number of imidazole rings is 1. The van der Waals surface area contributed by atoms with Gasteiger partial charge in [-0.25, -0.2) is 15.0 Å². The van der Waals surface area contributed by atoms with Gasteiger partial charge in [-0.1, -0.05) is 6.08 Å². The van der Waals surface area contributed by atoms with Crippen molar-refractivity contribution >= 4 is 17.1 Å². The van der Waals surface area contributed by atoms with Crippen LogP contribution in [0, 0.1) is 0 Å². The van der Waals surface area contributed by atoms with Gasteiger partial charge in [0.05, 0.1) is 12.2 Å². The molecule has 10 heteroatoms. The van der Waals surface area contributed by atoms with Gasteiger partial charge in [0.2, 0.25) is 5.91 Å². The van der Waals surface area contributed by atoms with Crippen LogP contribution in [-0.2, 0) is 11.8 Å². The third-order valence-corrected chi connectivity index (χ3v) is 4.81. The fourth-order valence-corrected chi connectivity index (χ4v) is 3.29. The largest absolute Gasteiger partial charge is 0.573 e. The first-order valence-electron chi connectivity index (χ1n) is 9.22. The van der Waals surface area contributed by atoms with Gasteiger partial charge in [-0.15, -0.1) is 13.2 Å². The summed E-state index contributed by atoms with van der Waals surface area (Å²) in [6, 6.07) is 5.48. The molecule has 0 radical (unpaired) electrons. The van der Waals surface area contributed by atoms with Gasteiger partial charge in [0, 0.05) is 25.7 Å². The molecule has 0 saturated carbocycles. The second kappa shape index (κ2) is 7.43. The number of carbonyl (C=O) groups excluding carboxylic acids is 1. The Morgan fingerprint density at radius 2 is 1.90 bits per heavy atom. The van der Waals surface area contributed by atoms with Gasteiger partial charge >= 0.3 is 6.36 Å². The van der Waals surface area contributed by atoms with E-state index >= 15 is 0 Å². The normalized spacial score (nSPS) is 15.0. The lowest BCUT2D eigenvalue weighted by Gasteiger charge is -2.37. The molecule has 0 N–H and O–H groups in total. The van der Waals surface area contributed by atoms with Crippen molar-refractivity contribution in [1.29, 1.82) is 0 Å². The molecule has 0 atom stereocenters. The number of hydrogen-bond donors (Lipinski definition) is 0. The molecule has 3 heterocycles. The van der Waals surface area contributed by atoms with Crippen molar-refractivity contribution in [3.63, 3.8) is 0 Å². The third kappa shape index (κ3) is 3.85. The van der Waals surface area contributed by atoms with Crippen LogP contribution >= 0.6 is 0 Å². The second-order valence-corrected chi connectivity index (χ2v) is 6.97. The Labute approximate surface area is 169 Å². The Morgan fingerprint density at radius 3 is 2.53 bits per heavy atom. The van der Waals surface area contributed by atoms with Crippen LogP contribution in [0.4, 0.5) is 13.2 Å². The fourth-order valence-electron chi connectivity index (χ4n) is 3.29. The van der Waals surface area contributed by atoms with E-state index in [1.807, 2.05) is 0 Å². The molecule has 1 fully saturated rings. The van der Waals surface area contributed by atoms with E-state index in [9.17, 15) is 18.0 Å². The van der Waals surface area contributed by atoms with Crippen LogP contribution in [-0.4, -0.2) is 49.8 Å². The van der Waals surface area contributed by atoms with Gasteiger partial charge in [-0.3, -0.25) is 4.79 Å². The third-order valence-electron chi connectivity index (χ3n) is 4.81. The van der Waals surface area contributed by atoms with E-state index in [0.717, 1.165) is 0 Å². The monoisotopic (exact) mass is 417 g/mol. The zero-order valence-electron chi connectivity index (χ0n) is 16.2. The first kappa shape index (κ1) is 19.9. The number of aryl methyl sites for hydroxylation is 1. The molecule has 1 aliphatic heterocycles. The average molecular weight is 417 g/mol. The molecule has 0 bridgehead atoms. The second-order valence-electron chi connectivity index (χ2n) is 6.97. The van der Waals surface area contributed by atoms with Gasteiger partial charge in [0.15, 0.2) is 5.65 Å². The van der Waals surface area contributed by atoms with Crippen LogP contribution in [0.15, 0.2) is 42.7 Å². The molecule has 1 amide bonds. The van der Waals surface area contributed by atoms with Crippen LogP contribution in [0.2, 0.25) is 0 Å². The van der Waals surface area contributed by atoms with Crippen LogP contribution in [0.3, 0.4) is 0 Å². The molecule has 1 aromatic carbocycles. The Kier molecular flexibility index (Phi) is 4.92. The zero-order chi connectivity index (χ0) is 21.5. The molecule has 1 saturated heterocycles. The highest BCUT2D eigenvalue weighted by Crippen LogP contribution is 2.32. The Bertz CT molecular complexity index is 1120. The highest BCUT2D eigenvalue weighted by molar-refractivity contribution is 5.89. The maximum absolute atomic E-state index is 12.4. The number of carbonyl (C=O) groups is 1. The zero-order valence-corrected chi connectivity index (χ0v) is 16.2. The summed E-state index contributed by atoms with van der Waals surface area (Å²) in [6.45, 7) is 2.79. The number of hydrogen-bond acceptors (Lipinski definition) is 5. The number of benzene rings is 1. The van der Waals surface area contributed by atoms with Crippen molar-refractivity contribution in [2.75, 3.05) is 13.1 Å². The van der Waals surface area contributed by atoms with Crippen molar-refractivity contribution in [3.05, 3.63) is 48.6 Å². The molecule has 4 rings (SSSR count). The molecule has 0 spiro atoms. The van der Waals surface area contributed by atoms with Crippen molar-refractivity contribution in [2.45, 2.75) is 19.2 Å². The Balaban J connectivity index is 1.66. The number of nitrogens with zero attached hydrogens (tertiary/aromatic N) is 5. The lowest BCUT2D eigenvalue weighted by molar-refractivity contribution is -0.274. The summed E-state index contributed by atoms with van der Waals surface area (Å²) in [5.74, 6) is 0.178. The average Bonchev–Trinajstić information content (AvgIpc) is 3.01. The van der Waals surface area contributed by atoms with E-state index in [1.165, 1.54) is 30.3 Å². The van der Waals surface area contributed by atoms with Gasteiger partial charge in [-0.2, -0.15) is 0 Å². The summed E-state index contributed by atoms with van der Waals surface area (Å²) < 4.78 is 42.9. The van der Waals surface area contributed by atoms with Gasteiger partial charge in [0.1, 0.15) is 22.8 Å². The van der Waals surface area contributed by atoms with Gasteiger partial charge < -0.3 is 14.2 Å². The first-order valence-corrected chi connectivity index (χ1v) is 9.22. The molecule has 7 nitrogen and oxygen atoms in total. The topological polar surface area (TPSA) is 73.1 Å². The highest BCUT2D eigenvalue weighted by Gasteiger charge is 2.34. The van der Waals surface area contributed by atoms with Crippen LogP contribution in [0.25, 0.3) is 22.4 Å². The number of halogens is 3. The first-order chi connectivity index (χ1) is 14.2. The molecule has 0 unspecified atom stereocenters. The molecule has 3 aromatic rings. The predicted molar refractivity (Wildman–Crippen MR) is 103 cm³/mol. The summed E-state index contributed by atoms with van der Waals surface area (Å²) in [5.41, 5.74) is 2.28. The lowest BCUT2D eigenvalue weighted by atomic mass is 9.98. The number of amides is 1. The number of likely N-dealkylation sites (tertiary alicyclic amines) is 1. The SMILES string of the molecule is C/C=C/C(=O)N1CC(c2nc(-c3ccc(OC(F)(F)F)cc3)c3ncn(C)c3n2)C1.